The van der Waals surface area contributed by atoms with Crippen molar-refractivity contribution < 1.29 is 14.6 Å². The molecule has 1 N–H and O–H groups in total. The van der Waals surface area contributed by atoms with E-state index in [-0.39, 0.29) is 5.69 Å². The minimum absolute atomic E-state index is 0.0368. The number of hydrogen-bond donors (Lipinski definition) is 1. The Morgan fingerprint density at radius 3 is 2.47 bits per heavy atom. The van der Waals surface area contributed by atoms with Gasteiger partial charge in [-0.15, -0.1) is 0 Å². The number of carboxylic acids is 1. The van der Waals surface area contributed by atoms with Gasteiger partial charge in [0.25, 0.3) is 0 Å². The lowest BCUT2D eigenvalue weighted by Gasteiger charge is -2.11. The lowest BCUT2D eigenvalue weighted by Crippen LogP contribution is -2.02. The molecule has 0 aliphatic rings. The molecule has 2 aromatic rings. The van der Waals surface area contributed by atoms with Crippen LogP contribution in [0.5, 0.6) is 5.75 Å². The normalized spacial score (nSPS) is 10.3. The lowest BCUT2D eigenvalue weighted by molar-refractivity contribution is 0.0690. The van der Waals surface area contributed by atoms with Gasteiger partial charge in [-0.3, -0.25) is 0 Å². The summed E-state index contributed by atoms with van der Waals surface area (Å²) in [6.45, 7) is 3.97. The molecule has 0 aliphatic heterocycles. The maximum Gasteiger partial charge on any atom is 0.354 e. The van der Waals surface area contributed by atoms with Crippen LogP contribution < -0.4 is 4.74 Å². The maximum absolute atomic E-state index is 10.9. The molecule has 2 rings (SSSR count). The summed E-state index contributed by atoms with van der Waals surface area (Å²) in [5.74, 6) is -0.412. The molecule has 5 heteroatoms. The smallest absolute Gasteiger partial charge is 0.354 e. The van der Waals surface area contributed by atoms with Crippen LogP contribution in [-0.4, -0.2) is 28.2 Å². The van der Waals surface area contributed by atoms with Crippen LogP contribution >= 0.6 is 0 Å². The van der Waals surface area contributed by atoms with Crippen molar-refractivity contribution in [1.82, 2.24) is 9.97 Å². The van der Waals surface area contributed by atoms with Crippen molar-refractivity contribution in [2.45, 2.75) is 13.8 Å². The fourth-order valence-corrected chi connectivity index (χ4v) is 1.78. The van der Waals surface area contributed by atoms with Gasteiger partial charge >= 0.3 is 5.97 Å². The second-order valence-electron chi connectivity index (χ2n) is 4.23. The van der Waals surface area contributed by atoms with Crippen molar-refractivity contribution in [2.75, 3.05) is 7.11 Å². The minimum Gasteiger partial charge on any atom is -0.496 e. The molecule has 0 amide bonds. The summed E-state index contributed by atoms with van der Waals surface area (Å²) in [4.78, 5) is 18.8. The third-order valence-corrected chi connectivity index (χ3v) is 2.98. The van der Waals surface area contributed by atoms with Crippen LogP contribution in [0.4, 0.5) is 0 Å². The Morgan fingerprint density at radius 2 is 1.84 bits per heavy atom. The zero-order valence-corrected chi connectivity index (χ0v) is 11.0. The van der Waals surface area contributed by atoms with E-state index in [1.165, 1.54) is 12.4 Å². The minimum atomic E-state index is -1.08. The Bertz CT molecular complexity index is 639. The topological polar surface area (TPSA) is 72.3 Å². The van der Waals surface area contributed by atoms with Gasteiger partial charge in [0, 0.05) is 5.56 Å². The van der Waals surface area contributed by atoms with Gasteiger partial charge in [0.1, 0.15) is 12.1 Å². The first-order valence-electron chi connectivity index (χ1n) is 5.74. The third kappa shape index (κ3) is 2.54. The molecule has 0 bridgehead atoms. The Labute approximate surface area is 110 Å². The first-order chi connectivity index (χ1) is 9.02. The quantitative estimate of drug-likeness (QED) is 0.915. The van der Waals surface area contributed by atoms with Crippen LogP contribution in [-0.2, 0) is 0 Å². The predicted octanol–water partition coefficient (Wildman–Crippen LogP) is 2.47. The summed E-state index contributed by atoms with van der Waals surface area (Å²) in [6, 6.07) is 5.28. The number of nitrogens with zero attached hydrogens (tertiary/aromatic N) is 2. The number of benzene rings is 1. The van der Waals surface area contributed by atoms with Gasteiger partial charge in [-0.1, -0.05) is 0 Å². The summed E-state index contributed by atoms with van der Waals surface area (Å²) in [5, 5.41) is 8.96. The van der Waals surface area contributed by atoms with Crippen molar-refractivity contribution in [3.63, 3.8) is 0 Å². The number of aryl methyl sites for hydroxylation is 2. The maximum atomic E-state index is 10.9. The van der Waals surface area contributed by atoms with E-state index in [1.54, 1.807) is 7.11 Å². The summed E-state index contributed by atoms with van der Waals surface area (Å²) in [7, 11) is 1.58. The number of aromatic nitrogens is 2. The Morgan fingerprint density at radius 1 is 1.16 bits per heavy atom. The molecule has 0 saturated heterocycles. The van der Waals surface area contributed by atoms with Gasteiger partial charge in [-0.2, -0.15) is 0 Å². The second-order valence-corrected chi connectivity index (χ2v) is 4.23. The SMILES string of the molecule is COc1cc(C)c(C)cc1-c1cc(C(=O)O)ncn1. The summed E-state index contributed by atoms with van der Waals surface area (Å²) in [6.07, 6.45) is 1.24. The molecule has 0 aliphatic carbocycles. The Kier molecular flexibility index (Phi) is 3.46. The number of ether oxygens (including phenoxy) is 1. The molecule has 1 aromatic heterocycles. The van der Waals surface area contributed by atoms with Crippen molar-refractivity contribution in [1.29, 1.82) is 0 Å². The van der Waals surface area contributed by atoms with E-state index in [0.29, 0.717) is 11.4 Å². The van der Waals surface area contributed by atoms with E-state index >= 15 is 0 Å². The van der Waals surface area contributed by atoms with Crippen LogP contribution in [0, 0.1) is 13.8 Å². The Hall–Kier alpha value is -2.43. The molecule has 98 valence electrons. The van der Waals surface area contributed by atoms with E-state index in [1.807, 2.05) is 26.0 Å². The number of carboxylic acid groups (broad SMARTS) is 1. The molecular formula is C14H14N2O3. The Balaban J connectivity index is 2.61. The van der Waals surface area contributed by atoms with Crippen molar-refractivity contribution in [3.8, 4) is 17.0 Å². The second kappa shape index (κ2) is 5.06. The van der Waals surface area contributed by atoms with Gasteiger partial charge < -0.3 is 9.84 Å². The first-order valence-corrected chi connectivity index (χ1v) is 5.74. The van der Waals surface area contributed by atoms with Gasteiger partial charge in [-0.05, 0) is 43.2 Å². The van der Waals surface area contributed by atoms with Gasteiger partial charge in [0.2, 0.25) is 0 Å². The lowest BCUT2D eigenvalue weighted by atomic mass is 10.0. The molecule has 0 unspecified atom stereocenters. The molecule has 1 heterocycles. The van der Waals surface area contributed by atoms with E-state index < -0.39 is 5.97 Å². The predicted molar refractivity (Wildman–Crippen MR) is 70.5 cm³/mol. The average Bonchev–Trinajstić information content (AvgIpc) is 2.41. The molecule has 1 aromatic carbocycles. The van der Waals surface area contributed by atoms with E-state index in [2.05, 4.69) is 9.97 Å². The molecule has 0 atom stereocenters. The van der Waals surface area contributed by atoms with Crippen LogP contribution in [0.3, 0.4) is 0 Å². The zero-order valence-electron chi connectivity index (χ0n) is 11.0. The average molecular weight is 258 g/mol. The fourth-order valence-electron chi connectivity index (χ4n) is 1.78. The molecule has 19 heavy (non-hydrogen) atoms. The number of hydrogen-bond acceptors (Lipinski definition) is 4. The largest absolute Gasteiger partial charge is 0.496 e. The monoisotopic (exact) mass is 258 g/mol. The molecule has 5 nitrogen and oxygen atoms in total. The summed E-state index contributed by atoms with van der Waals surface area (Å²) >= 11 is 0. The highest BCUT2D eigenvalue weighted by Gasteiger charge is 2.12. The standard InChI is InChI=1S/C14H14N2O3/c1-8-4-10(13(19-3)5-9(8)2)11-6-12(14(17)18)16-7-15-11/h4-7H,1-3H3,(H,17,18). The number of carbonyl (C=O) groups is 1. The van der Waals surface area contributed by atoms with Crippen LogP contribution in [0.15, 0.2) is 24.5 Å². The van der Waals surface area contributed by atoms with Gasteiger partial charge in [0.15, 0.2) is 5.69 Å². The van der Waals surface area contributed by atoms with Crippen molar-refractivity contribution in [3.05, 3.63) is 41.3 Å². The highest BCUT2D eigenvalue weighted by Crippen LogP contribution is 2.31. The van der Waals surface area contributed by atoms with Crippen LogP contribution in [0.2, 0.25) is 0 Å². The highest BCUT2D eigenvalue weighted by atomic mass is 16.5. The van der Waals surface area contributed by atoms with E-state index in [0.717, 1.165) is 16.7 Å². The first kappa shape index (κ1) is 13.0. The summed E-state index contributed by atoms with van der Waals surface area (Å²) in [5.41, 5.74) is 3.45. The zero-order chi connectivity index (χ0) is 14.0. The number of methoxy groups -OCH3 is 1. The molecule has 0 spiro atoms. The van der Waals surface area contributed by atoms with Crippen LogP contribution in [0.25, 0.3) is 11.3 Å². The van der Waals surface area contributed by atoms with Crippen LogP contribution in [0.1, 0.15) is 21.6 Å². The number of rotatable bonds is 3. The fraction of sp³-hybridized carbons (Fsp3) is 0.214. The summed E-state index contributed by atoms with van der Waals surface area (Å²) < 4.78 is 5.33. The van der Waals surface area contributed by atoms with Gasteiger partial charge in [-0.25, -0.2) is 14.8 Å². The van der Waals surface area contributed by atoms with Crippen molar-refractivity contribution in [2.24, 2.45) is 0 Å². The molecule has 0 fully saturated rings. The van der Waals surface area contributed by atoms with E-state index in [4.69, 9.17) is 9.84 Å². The number of aromatic carboxylic acids is 1. The van der Waals surface area contributed by atoms with Crippen molar-refractivity contribution >= 4 is 5.97 Å². The highest BCUT2D eigenvalue weighted by molar-refractivity contribution is 5.87. The van der Waals surface area contributed by atoms with Gasteiger partial charge in [0.05, 0.1) is 12.8 Å². The molecule has 0 radical (unpaired) electrons. The van der Waals surface area contributed by atoms with E-state index in [9.17, 15) is 4.79 Å². The molecule has 0 saturated carbocycles. The third-order valence-electron chi connectivity index (χ3n) is 2.98. The molecular weight excluding hydrogens is 244 g/mol.